The molecule has 10 heteroatoms. The first-order valence-electron chi connectivity index (χ1n) is 12.6. The average Bonchev–Trinajstić information content (AvgIpc) is 3.54. The van der Waals surface area contributed by atoms with Crippen LogP contribution in [0.1, 0.15) is 58.6 Å². The fraction of sp³-hybridized carbons (Fsp3) is 0.370. The number of halogens is 1. The van der Waals surface area contributed by atoms with E-state index in [9.17, 15) is 14.4 Å². The molecule has 1 atom stereocenters. The Morgan fingerprint density at radius 2 is 1.89 bits per heavy atom. The zero-order chi connectivity index (χ0) is 25.5. The molecular formula is C27H27FN6O3. The summed E-state index contributed by atoms with van der Waals surface area (Å²) in [6.45, 7) is 2.75. The smallest absolute Gasteiger partial charge is 0.255 e. The molecule has 2 aromatic carbocycles. The van der Waals surface area contributed by atoms with Gasteiger partial charge in [0, 0.05) is 25.1 Å². The molecule has 0 bridgehead atoms. The van der Waals surface area contributed by atoms with Crippen LogP contribution >= 0.6 is 0 Å². The number of hydrogen-bond donors (Lipinski definition) is 1. The maximum Gasteiger partial charge on any atom is 0.255 e. The molecule has 1 unspecified atom stereocenters. The molecule has 3 amide bonds. The molecule has 3 aromatic rings. The summed E-state index contributed by atoms with van der Waals surface area (Å²) in [7, 11) is 0. The Morgan fingerprint density at radius 1 is 1.05 bits per heavy atom. The second kappa shape index (κ2) is 9.51. The van der Waals surface area contributed by atoms with E-state index in [2.05, 4.69) is 32.4 Å². The van der Waals surface area contributed by atoms with Gasteiger partial charge in [-0.15, -0.1) is 0 Å². The van der Waals surface area contributed by atoms with Crippen molar-refractivity contribution < 1.29 is 18.8 Å². The quantitative estimate of drug-likeness (QED) is 0.539. The van der Waals surface area contributed by atoms with Crippen LogP contribution in [0.3, 0.4) is 0 Å². The second-order valence-electron chi connectivity index (χ2n) is 9.99. The van der Waals surface area contributed by atoms with Gasteiger partial charge in [0.15, 0.2) is 0 Å². The highest BCUT2D eigenvalue weighted by Crippen LogP contribution is 2.35. The summed E-state index contributed by atoms with van der Waals surface area (Å²) in [6.07, 6.45) is 5.32. The molecule has 0 spiro atoms. The number of rotatable bonds is 5. The molecule has 190 valence electrons. The Hall–Kier alpha value is -3.92. The van der Waals surface area contributed by atoms with Crippen molar-refractivity contribution in [2.75, 3.05) is 13.1 Å². The van der Waals surface area contributed by atoms with Crippen molar-refractivity contribution >= 4 is 17.7 Å². The van der Waals surface area contributed by atoms with Gasteiger partial charge in [-0.1, -0.05) is 18.2 Å². The molecule has 2 fully saturated rings. The van der Waals surface area contributed by atoms with Crippen LogP contribution in [0.15, 0.2) is 49.1 Å². The number of amides is 3. The Morgan fingerprint density at radius 3 is 2.65 bits per heavy atom. The van der Waals surface area contributed by atoms with E-state index in [1.807, 2.05) is 18.2 Å². The summed E-state index contributed by atoms with van der Waals surface area (Å²) in [4.78, 5) is 44.6. The number of piperidine rings is 2. The van der Waals surface area contributed by atoms with Crippen LogP contribution in [0.5, 0.6) is 0 Å². The van der Waals surface area contributed by atoms with Gasteiger partial charge in [0.05, 0.1) is 5.69 Å². The van der Waals surface area contributed by atoms with E-state index in [0.717, 1.165) is 43.7 Å². The lowest BCUT2D eigenvalue weighted by atomic mass is 9.87. The van der Waals surface area contributed by atoms with Crippen molar-refractivity contribution in [3.05, 3.63) is 77.1 Å². The van der Waals surface area contributed by atoms with E-state index in [1.165, 1.54) is 22.9 Å². The van der Waals surface area contributed by atoms with Crippen LogP contribution in [-0.4, -0.2) is 61.4 Å². The number of aromatic nitrogens is 3. The first-order chi connectivity index (χ1) is 18.0. The predicted molar refractivity (Wildman–Crippen MR) is 131 cm³/mol. The van der Waals surface area contributed by atoms with Gasteiger partial charge in [0.1, 0.15) is 24.5 Å². The molecule has 1 aromatic heterocycles. The number of fused-ring (bicyclic) bond motifs is 1. The zero-order valence-electron chi connectivity index (χ0n) is 20.3. The van der Waals surface area contributed by atoms with E-state index in [0.29, 0.717) is 17.5 Å². The molecule has 1 N–H and O–H groups in total. The highest BCUT2D eigenvalue weighted by molar-refractivity contribution is 6.05. The minimum atomic E-state index is -0.699. The molecule has 6 rings (SSSR count). The van der Waals surface area contributed by atoms with E-state index in [1.54, 1.807) is 11.0 Å². The third-order valence-corrected chi connectivity index (χ3v) is 7.67. The van der Waals surface area contributed by atoms with Gasteiger partial charge in [-0.25, -0.2) is 14.1 Å². The minimum absolute atomic E-state index is 0.0720. The van der Waals surface area contributed by atoms with Crippen molar-refractivity contribution in [2.45, 2.75) is 50.7 Å². The molecule has 0 saturated carbocycles. The number of nitrogens with zero attached hydrogens (tertiary/aromatic N) is 5. The highest BCUT2D eigenvalue weighted by atomic mass is 19.1. The molecule has 3 aliphatic rings. The predicted octanol–water partition coefficient (Wildman–Crippen LogP) is 2.55. The van der Waals surface area contributed by atoms with Gasteiger partial charge in [-0.05, 0) is 73.2 Å². The number of benzene rings is 2. The monoisotopic (exact) mass is 502 g/mol. The van der Waals surface area contributed by atoms with Gasteiger partial charge in [-0.2, -0.15) is 5.10 Å². The molecule has 37 heavy (non-hydrogen) atoms. The normalized spacial score (nSPS) is 20.8. The third kappa shape index (κ3) is 4.53. The Bertz CT molecular complexity index is 1370. The lowest BCUT2D eigenvalue weighted by Gasteiger charge is -2.32. The summed E-state index contributed by atoms with van der Waals surface area (Å²) < 4.78 is 16.9. The van der Waals surface area contributed by atoms with Crippen molar-refractivity contribution in [3.63, 3.8) is 0 Å². The van der Waals surface area contributed by atoms with Crippen LogP contribution in [0.2, 0.25) is 0 Å². The molecular weight excluding hydrogens is 475 g/mol. The molecule has 3 aliphatic heterocycles. The Labute approximate surface area is 213 Å². The maximum atomic E-state index is 15.2. The molecule has 4 heterocycles. The summed E-state index contributed by atoms with van der Waals surface area (Å²) in [6, 6.07) is 10.7. The molecule has 9 nitrogen and oxygen atoms in total. The van der Waals surface area contributed by atoms with Gasteiger partial charge in [0.25, 0.3) is 5.91 Å². The number of likely N-dealkylation sites (tertiary alicyclic amines) is 1. The summed E-state index contributed by atoms with van der Waals surface area (Å²) in [5.74, 6) is -1.43. The largest absolute Gasteiger partial charge is 0.322 e. The minimum Gasteiger partial charge on any atom is -0.322 e. The van der Waals surface area contributed by atoms with Crippen LogP contribution in [0.25, 0.3) is 5.69 Å². The fourth-order valence-corrected chi connectivity index (χ4v) is 5.72. The first kappa shape index (κ1) is 23.5. The molecule has 2 saturated heterocycles. The topological polar surface area (TPSA) is 100 Å². The van der Waals surface area contributed by atoms with Gasteiger partial charge < -0.3 is 4.90 Å². The third-order valence-electron chi connectivity index (χ3n) is 7.67. The lowest BCUT2D eigenvalue weighted by molar-refractivity contribution is -0.136. The number of imide groups is 1. The maximum absolute atomic E-state index is 15.2. The van der Waals surface area contributed by atoms with Gasteiger partial charge >= 0.3 is 0 Å². The van der Waals surface area contributed by atoms with Crippen molar-refractivity contribution in [2.24, 2.45) is 0 Å². The van der Waals surface area contributed by atoms with E-state index < -0.39 is 11.9 Å². The number of carbonyl (C=O) groups is 3. The van der Waals surface area contributed by atoms with Crippen molar-refractivity contribution in [3.8, 4) is 5.69 Å². The number of carbonyl (C=O) groups excluding carboxylic acids is 3. The van der Waals surface area contributed by atoms with Gasteiger partial charge in [-0.3, -0.25) is 24.6 Å². The standard InChI is InChI=1S/C27H27FN6O3/c28-23-12-22-19(14-33(27(22)37)24-4-5-25(35)31-26(24)36)11-21(23)18-6-8-32(9-7-18)13-17-2-1-3-20(10-17)34-16-29-15-30-34/h1-3,10-12,15-16,18,24H,4-9,13-14H2,(H,31,35,36). The highest BCUT2D eigenvalue weighted by Gasteiger charge is 2.40. The fourth-order valence-electron chi connectivity index (χ4n) is 5.72. The Balaban J connectivity index is 1.11. The SMILES string of the molecule is O=C1CCC(N2Cc3cc(C4CCN(Cc5cccc(-n6cncn6)c5)CC4)c(F)cc3C2=O)C(=O)N1. The van der Waals surface area contributed by atoms with Crippen LogP contribution in [-0.2, 0) is 22.7 Å². The molecule has 0 aliphatic carbocycles. The van der Waals surface area contributed by atoms with E-state index >= 15 is 4.39 Å². The zero-order valence-corrected chi connectivity index (χ0v) is 20.3. The van der Waals surface area contributed by atoms with E-state index in [4.69, 9.17) is 0 Å². The number of hydrogen-bond acceptors (Lipinski definition) is 6. The van der Waals surface area contributed by atoms with Crippen LogP contribution in [0.4, 0.5) is 4.39 Å². The van der Waals surface area contributed by atoms with Crippen LogP contribution in [0, 0.1) is 5.82 Å². The second-order valence-corrected chi connectivity index (χ2v) is 9.99. The van der Waals surface area contributed by atoms with Crippen LogP contribution < -0.4 is 5.32 Å². The summed E-state index contributed by atoms with van der Waals surface area (Å²) in [5.41, 5.74) is 3.85. The van der Waals surface area contributed by atoms with Gasteiger partial charge in [0.2, 0.25) is 11.8 Å². The summed E-state index contributed by atoms with van der Waals surface area (Å²) in [5, 5.41) is 6.49. The Kier molecular flexibility index (Phi) is 6.03. The lowest BCUT2D eigenvalue weighted by Crippen LogP contribution is -2.52. The number of nitrogens with one attached hydrogen (secondary N) is 1. The van der Waals surface area contributed by atoms with Crippen molar-refractivity contribution in [1.82, 2.24) is 29.9 Å². The summed E-state index contributed by atoms with van der Waals surface area (Å²) >= 11 is 0. The van der Waals surface area contributed by atoms with Crippen molar-refractivity contribution in [1.29, 1.82) is 0 Å². The first-order valence-corrected chi connectivity index (χ1v) is 12.6. The average molecular weight is 503 g/mol. The van der Waals surface area contributed by atoms with E-state index in [-0.39, 0.29) is 36.5 Å². The molecule has 0 radical (unpaired) electrons.